The fourth-order valence-electron chi connectivity index (χ4n) is 1.92. The molecule has 1 N–H and O–H groups in total. The molecule has 106 valence electrons. The molecule has 1 aromatic carbocycles. The van der Waals surface area contributed by atoms with Crippen molar-refractivity contribution in [3.05, 3.63) is 52.3 Å². The maximum absolute atomic E-state index is 11.0. The predicted molar refractivity (Wildman–Crippen MR) is 78.9 cm³/mol. The van der Waals surface area contributed by atoms with Crippen molar-refractivity contribution in [3.8, 4) is 11.6 Å². The van der Waals surface area contributed by atoms with Gasteiger partial charge in [0, 0.05) is 6.07 Å². The van der Waals surface area contributed by atoms with Crippen LogP contribution in [0.4, 0.5) is 0 Å². The zero-order valence-electron chi connectivity index (χ0n) is 10.9. The first-order valence-corrected chi connectivity index (χ1v) is 6.85. The third kappa shape index (κ3) is 2.59. The SMILES string of the molecule is Cc1cc(Oc2cc(C(=O)O)ccc2Br)n2ncnc2c1. The molecule has 0 spiro atoms. The summed E-state index contributed by atoms with van der Waals surface area (Å²) in [7, 11) is 0. The minimum atomic E-state index is -1.01. The number of nitrogens with zero attached hydrogens (tertiary/aromatic N) is 3. The van der Waals surface area contributed by atoms with E-state index in [4.69, 9.17) is 9.84 Å². The minimum Gasteiger partial charge on any atom is -0.478 e. The third-order valence-electron chi connectivity index (χ3n) is 2.88. The standard InChI is InChI=1S/C14H10BrN3O3/c1-8-4-12-16-7-17-18(12)13(5-8)21-11-6-9(14(19)20)2-3-10(11)15/h2-7H,1H3,(H,19,20). The number of aryl methyl sites for hydroxylation is 1. The number of fused-ring (bicyclic) bond motifs is 1. The average Bonchev–Trinajstić information content (AvgIpc) is 2.89. The Kier molecular flexibility index (Phi) is 3.34. The summed E-state index contributed by atoms with van der Waals surface area (Å²) >= 11 is 3.35. The molecule has 0 unspecified atom stereocenters. The quantitative estimate of drug-likeness (QED) is 0.786. The summed E-state index contributed by atoms with van der Waals surface area (Å²) in [6.45, 7) is 1.92. The molecule has 0 aliphatic heterocycles. The molecule has 3 rings (SSSR count). The van der Waals surface area contributed by atoms with Gasteiger partial charge in [-0.15, -0.1) is 0 Å². The Hall–Kier alpha value is -2.41. The van der Waals surface area contributed by atoms with E-state index in [-0.39, 0.29) is 5.56 Å². The first kappa shape index (κ1) is 13.6. The fourth-order valence-corrected chi connectivity index (χ4v) is 2.25. The van der Waals surface area contributed by atoms with Gasteiger partial charge in [-0.1, -0.05) is 0 Å². The second kappa shape index (κ2) is 5.17. The van der Waals surface area contributed by atoms with Gasteiger partial charge in [-0.2, -0.15) is 9.61 Å². The highest BCUT2D eigenvalue weighted by Gasteiger charge is 2.12. The largest absolute Gasteiger partial charge is 0.478 e. The van der Waals surface area contributed by atoms with Crippen LogP contribution in [0.2, 0.25) is 0 Å². The van der Waals surface area contributed by atoms with Crippen LogP contribution in [-0.2, 0) is 0 Å². The molecule has 0 atom stereocenters. The fraction of sp³-hybridized carbons (Fsp3) is 0.0714. The predicted octanol–water partition coefficient (Wildman–Crippen LogP) is 3.29. The summed E-state index contributed by atoms with van der Waals surface area (Å²) < 4.78 is 8.01. The van der Waals surface area contributed by atoms with Gasteiger partial charge in [0.2, 0.25) is 5.88 Å². The van der Waals surface area contributed by atoms with Crippen LogP contribution in [0.1, 0.15) is 15.9 Å². The zero-order chi connectivity index (χ0) is 15.0. The molecule has 7 heteroatoms. The Bertz CT molecular complexity index is 845. The van der Waals surface area contributed by atoms with Crippen LogP contribution in [0, 0.1) is 6.92 Å². The van der Waals surface area contributed by atoms with Crippen LogP contribution in [0.25, 0.3) is 5.65 Å². The lowest BCUT2D eigenvalue weighted by Crippen LogP contribution is -2.00. The van der Waals surface area contributed by atoms with Gasteiger partial charge >= 0.3 is 5.97 Å². The number of pyridine rings is 1. The van der Waals surface area contributed by atoms with Gasteiger partial charge < -0.3 is 9.84 Å². The van der Waals surface area contributed by atoms with E-state index in [1.807, 2.05) is 19.1 Å². The van der Waals surface area contributed by atoms with Gasteiger partial charge in [-0.3, -0.25) is 0 Å². The van der Waals surface area contributed by atoms with Crippen LogP contribution in [0.15, 0.2) is 41.1 Å². The maximum atomic E-state index is 11.0. The highest BCUT2D eigenvalue weighted by Crippen LogP contribution is 2.31. The van der Waals surface area contributed by atoms with Crippen LogP contribution in [0.5, 0.6) is 11.6 Å². The van der Waals surface area contributed by atoms with Crippen LogP contribution in [0.3, 0.4) is 0 Å². The van der Waals surface area contributed by atoms with Crippen molar-refractivity contribution in [2.45, 2.75) is 6.92 Å². The molecule has 2 heterocycles. The number of rotatable bonds is 3. The number of hydrogen-bond acceptors (Lipinski definition) is 4. The monoisotopic (exact) mass is 347 g/mol. The minimum absolute atomic E-state index is 0.149. The van der Waals surface area contributed by atoms with Crippen molar-refractivity contribution in [1.82, 2.24) is 14.6 Å². The summed E-state index contributed by atoms with van der Waals surface area (Å²) in [6.07, 6.45) is 1.43. The molecule has 0 amide bonds. The van der Waals surface area contributed by atoms with Gasteiger partial charge in [0.1, 0.15) is 12.1 Å². The Morgan fingerprint density at radius 2 is 2.14 bits per heavy atom. The van der Waals surface area contributed by atoms with E-state index in [9.17, 15) is 4.79 Å². The Morgan fingerprint density at radius 1 is 1.33 bits per heavy atom. The molecule has 2 aromatic heterocycles. The number of carbonyl (C=O) groups is 1. The van der Waals surface area contributed by atoms with Crippen molar-refractivity contribution >= 4 is 27.5 Å². The van der Waals surface area contributed by atoms with Crippen LogP contribution < -0.4 is 4.74 Å². The number of halogens is 1. The molecule has 0 aliphatic rings. The maximum Gasteiger partial charge on any atom is 0.335 e. The second-order valence-electron chi connectivity index (χ2n) is 4.45. The van der Waals surface area contributed by atoms with Gasteiger partial charge in [0.15, 0.2) is 5.65 Å². The highest BCUT2D eigenvalue weighted by molar-refractivity contribution is 9.10. The molecule has 0 bridgehead atoms. The van der Waals surface area contributed by atoms with Gasteiger partial charge in [0.05, 0.1) is 10.0 Å². The lowest BCUT2D eigenvalue weighted by molar-refractivity contribution is 0.0696. The molecule has 0 saturated heterocycles. The Labute approximate surface area is 128 Å². The first-order valence-electron chi connectivity index (χ1n) is 6.05. The van der Waals surface area contributed by atoms with Gasteiger partial charge in [-0.05, 0) is 52.7 Å². The van der Waals surface area contributed by atoms with Gasteiger partial charge in [-0.25, -0.2) is 9.78 Å². The number of aromatic carboxylic acids is 1. The molecular weight excluding hydrogens is 338 g/mol. The summed E-state index contributed by atoms with van der Waals surface area (Å²) in [5, 5.41) is 13.1. The van der Waals surface area contributed by atoms with E-state index in [0.29, 0.717) is 21.7 Å². The number of benzene rings is 1. The van der Waals surface area contributed by atoms with Crippen molar-refractivity contribution in [2.24, 2.45) is 0 Å². The molecule has 0 fully saturated rings. The molecule has 0 radical (unpaired) electrons. The lowest BCUT2D eigenvalue weighted by atomic mass is 10.2. The number of carboxylic acid groups (broad SMARTS) is 1. The van der Waals surface area contributed by atoms with E-state index < -0.39 is 5.97 Å². The molecule has 6 nitrogen and oxygen atoms in total. The van der Waals surface area contributed by atoms with Crippen LogP contribution in [-0.4, -0.2) is 25.7 Å². The van der Waals surface area contributed by atoms with E-state index in [1.54, 1.807) is 10.6 Å². The number of aromatic nitrogens is 3. The topological polar surface area (TPSA) is 76.7 Å². The first-order chi connectivity index (χ1) is 10.0. The van der Waals surface area contributed by atoms with E-state index in [2.05, 4.69) is 26.0 Å². The normalized spacial score (nSPS) is 10.8. The van der Waals surface area contributed by atoms with E-state index in [1.165, 1.54) is 18.5 Å². The number of hydrogen-bond donors (Lipinski definition) is 1. The van der Waals surface area contributed by atoms with Gasteiger partial charge in [0.25, 0.3) is 0 Å². The molecule has 0 saturated carbocycles. The van der Waals surface area contributed by atoms with Crippen molar-refractivity contribution in [3.63, 3.8) is 0 Å². The van der Waals surface area contributed by atoms with Crippen LogP contribution >= 0.6 is 15.9 Å². The third-order valence-corrected chi connectivity index (χ3v) is 3.54. The molecular formula is C14H10BrN3O3. The number of carboxylic acids is 1. The Balaban J connectivity index is 2.08. The summed E-state index contributed by atoms with van der Waals surface area (Å²) in [4.78, 5) is 15.2. The lowest BCUT2D eigenvalue weighted by Gasteiger charge is -2.10. The second-order valence-corrected chi connectivity index (χ2v) is 5.31. The molecule has 0 aliphatic carbocycles. The number of ether oxygens (including phenoxy) is 1. The summed E-state index contributed by atoms with van der Waals surface area (Å²) in [5.41, 5.74) is 1.78. The van der Waals surface area contributed by atoms with E-state index in [0.717, 1.165) is 5.56 Å². The van der Waals surface area contributed by atoms with Crippen molar-refractivity contribution < 1.29 is 14.6 Å². The molecule has 21 heavy (non-hydrogen) atoms. The zero-order valence-corrected chi connectivity index (χ0v) is 12.5. The summed E-state index contributed by atoms with van der Waals surface area (Å²) in [6, 6.07) is 8.27. The van der Waals surface area contributed by atoms with Crippen molar-refractivity contribution in [2.75, 3.05) is 0 Å². The van der Waals surface area contributed by atoms with E-state index >= 15 is 0 Å². The smallest absolute Gasteiger partial charge is 0.335 e. The average molecular weight is 348 g/mol. The molecule has 3 aromatic rings. The van der Waals surface area contributed by atoms with Crippen molar-refractivity contribution in [1.29, 1.82) is 0 Å². The summed E-state index contributed by atoms with van der Waals surface area (Å²) in [5.74, 6) is -0.148. The Morgan fingerprint density at radius 3 is 2.90 bits per heavy atom. The highest BCUT2D eigenvalue weighted by atomic mass is 79.9.